The number of carbonyl (C=O) groups excluding carboxylic acids is 1. The van der Waals surface area contributed by atoms with Crippen LogP contribution in [-0.2, 0) is 6.42 Å². The molecular formula is C19H22O. The summed E-state index contributed by atoms with van der Waals surface area (Å²) in [6.45, 7) is 6.53. The molecule has 0 radical (unpaired) electrons. The Bertz CT molecular complexity index is 582. The van der Waals surface area contributed by atoms with E-state index >= 15 is 0 Å². The van der Waals surface area contributed by atoms with Gasteiger partial charge < -0.3 is 0 Å². The molecule has 0 aliphatic heterocycles. The fourth-order valence-corrected chi connectivity index (χ4v) is 2.63. The van der Waals surface area contributed by atoms with Crippen LogP contribution in [0.2, 0.25) is 0 Å². The number of benzene rings is 2. The standard InChI is InChI=1S/C19H22O/c1-4-9-17-16(14(2)3)12-8-13-18(17)19(20)15-10-6-5-7-11-15/h5-8,10-14H,4,9H2,1-3H3. The lowest BCUT2D eigenvalue weighted by atomic mass is 9.88. The maximum absolute atomic E-state index is 12.7. The molecule has 0 fully saturated rings. The Labute approximate surface area is 121 Å². The Hall–Kier alpha value is -1.89. The third-order valence-electron chi connectivity index (χ3n) is 3.61. The van der Waals surface area contributed by atoms with Gasteiger partial charge in [0.25, 0.3) is 0 Å². The zero-order chi connectivity index (χ0) is 14.5. The summed E-state index contributed by atoms with van der Waals surface area (Å²) in [5.74, 6) is 0.580. The zero-order valence-corrected chi connectivity index (χ0v) is 12.5. The van der Waals surface area contributed by atoms with E-state index in [-0.39, 0.29) is 5.78 Å². The first-order chi connectivity index (χ1) is 9.65. The van der Waals surface area contributed by atoms with Gasteiger partial charge in [-0.25, -0.2) is 0 Å². The second-order valence-electron chi connectivity index (χ2n) is 5.47. The monoisotopic (exact) mass is 266 g/mol. The first-order valence-electron chi connectivity index (χ1n) is 7.36. The Morgan fingerprint density at radius 2 is 1.70 bits per heavy atom. The van der Waals surface area contributed by atoms with Gasteiger partial charge in [-0.05, 0) is 23.5 Å². The maximum Gasteiger partial charge on any atom is 0.193 e. The number of carbonyl (C=O) groups is 1. The number of ketones is 1. The third-order valence-corrected chi connectivity index (χ3v) is 3.61. The SMILES string of the molecule is CCCc1c(C(=O)c2ccccc2)cccc1C(C)C. The second kappa shape index (κ2) is 6.51. The summed E-state index contributed by atoms with van der Waals surface area (Å²) in [4.78, 5) is 12.7. The molecule has 20 heavy (non-hydrogen) atoms. The molecule has 104 valence electrons. The van der Waals surface area contributed by atoms with Crippen molar-refractivity contribution in [3.63, 3.8) is 0 Å². The minimum atomic E-state index is 0.136. The van der Waals surface area contributed by atoms with Gasteiger partial charge in [0.15, 0.2) is 5.78 Å². The van der Waals surface area contributed by atoms with Crippen molar-refractivity contribution >= 4 is 5.78 Å². The molecule has 0 N–H and O–H groups in total. The van der Waals surface area contributed by atoms with Gasteiger partial charge in [-0.3, -0.25) is 4.79 Å². The molecule has 0 unspecified atom stereocenters. The average Bonchev–Trinajstić information content (AvgIpc) is 2.47. The zero-order valence-electron chi connectivity index (χ0n) is 12.5. The van der Waals surface area contributed by atoms with E-state index in [1.54, 1.807) is 0 Å². The van der Waals surface area contributed by atoms with E-state index in [0.29, 0.717) is 5.92 Å². The molecule has 0 bridgehead atoms. The lowest BCUT2D eigenvalue weighted by Crippen LogP contribution is -2.09. The molecule has 1 heteroatoms. The van der Waals surface area contributed by atoms with Crippen molar-refractivity contribution < 1.29 is 4.79 Å². The van der Waals surface area contributed by atoms with Crippen LogP contribution in [0.15, 0.2) is 48.5 Å². The summed E-state index contributed by atoms with van der Waals surface area (Å²) in [5, 5.41) is 0. The highest BCUT2D eigenvalue weighted by Gasteiger charge is 2.16. The number of hydrogen-bond acceptors (Lipinski definition) is 1. The van der Waals surface area contributed by atoms with Gasteiger partial charge in [0.05, 0.1) is 0 Å². The molecule has 0 amide bonds. The quantitative estimate of drug-likeness (QED) is 0.696. The van der Waals surface area contributed by atoms with Crippen LogP contribution in [0.3, 0.4) is 0 Å². The van der Waals surface area contributed by atoms with Crippen LogP contribution in [0.5, 0.6) is 0 Å². The van der Waals surface area contributed by atoms with Crippen LogP contribution in [-0.4, -0.2) is 5.78 Å². The minimum absolute atomic E-state index is 0.136. The third kappa shape index (κ3) is 2.98. The van der Waals surface area contributed by atoms with Gasteiger partial charge in [0.1, 0.15) is 0 Å². The van der Waals surface area contributed by atoms with E-state index in [2.05, 4.69) is 26.8 Å². The molecule has 1 nitrogen and oxygen atoms in total. The molecule has 2 rings (SSSR count). The van der Waals surface area contributed by atoms with Crippen molar-refractivity contribution in [1.82, 2.24) is 0 Å². The van der Waals surface area contributed by atoms with E-state index in [9.17, 15) is 4.79 Å². The van der Waals surface area contributed by atoms with E-state index in [1.165, 1.54) is 11.1 Å². The van der Waals surface area contributed by atoms with E-state index in [1.807, 2.05) is 42.5 Å². The first-order valence-corrected chi connectivity index (χ1v) is 7.36. The van der Waals surface area contributed by atoms with Crippen molar-refractivity contribution in [3.8, 4) is 0 Å². The smallest absolute Gasteiger partial charge is 0.193 e. The molecule has 0 saturated heterocycles. The lowest BCUT2D eigenvalue weighted by Gasteiger charge is -2.16. The summed E-state index contributed by atoms with van der Waals surface area (Å²) >= 11 is 0. The van der Waals surface area contributed by atoms with Crippen LogP contribution in [0.1, 0.15) is 60.2 Å². The maximum atomic E-state index is 12.7. The van der Waals surface area contributed by atoms with Crippen molar-refractivity contribution in [3.05, 3.63) is 70.8 Å². The van der Waals surface area contributed by atoms with Crippen LogP contribution >= 0.6 is 0 Å². The molecule has 0 aliphatic rings. The number of rotatable bonds is 5. The van der Waals surface area contributed by atoms with Crippen molar-refractivity contribution in [2.45, 2.75) is 39.5 Å². The van der Waals surface area contributed by atoms with Gasteiger partial charge in [-0.15, -0.1) is 0 Å². The first kappa shape index (κ1) is 14.5. The second-order valence-corrected chi connectivity index (χ2v) is 5.47. The molecule has 2 aromatic carbocycles. The van der Waals surface area contributed by atoms with Crippen molar-refractivity contribution in [1.29, 1.82) is 0 Å². The molecule has 0 spiro atoms. The Morgan fingerprint density at radius 3 is 2.30 bits per heavy atom. The van der Waals surface area contributed by atoms with Crippen LogP contribution in [0, 0.1) is 0 Å². The Morgan fingerprint density at radius 1 is 1.00 bits per heavy atom. The van der Waals surface area contributed by atoms with Gasteiger partial charge in [-0.1, -0.05) is 75.7 Å². The predicted octanol–water partition coefficient (Wildman–Crippen LogP) is 4.99. The highest BCUT2D eigenvalue weighted by atomic mass is 16.1. The fourth-order valence-electron chi connectivity index (χ4n) is 2.63. The summed E-state index contributed by atoms with van der Waals surface area (Å²) in [6.07, 6.45) is 2.01. The number of hydrogen-bond donors (Lipinski definition) is 0. The Balaban J connectivity index is 2.51. The molecule has 0 aromatic heterocycles. The summed E-state index contributed by atoms with van der Waals surface area (Å²) in [6, 6.07) is 15.7. The van der Waals surface area contributed by atoms with Gasteiger partial charge >= 0.3 is 0 Å². The molecule has 0 heterocycles. The van der Waals surface area contributed by atoms with Crippen LogP contribution < -0.4 is 0 Å². The summed E-state index contributed by atoms with van der Waals surface area (Å²) in [5.41, 5.74) is 4.16. The van der Waals surface area contributed by atoms with Crippen molar-refractivity contribution in [2.75, 3.05) is 0 Å². The predicted molar refractivity (Wildman–Crippen MR) is 84.4 cm³/mol. The molecule has 2 aromatic rings. The molecule has 0 saturated carbocycles. The topological polar surface area (TPSA) is 17.1 Å². The average molecular weight is 266 g/mol. The van der Waals surface area contributed by atoms with Crippen molar-refractivity contribution in [2.24, 2.45) is 0 Å². The van der Waals surface area contributed by atoms with E-state index in [0.717, 1.165) is 24.0 Å². The molecular weight excluding hydrogens is 244 g/mol. The van der Waals surface area contributed by atoms with E-state index < -0.39 is 0 Å². The van der Waals surface area contributed by atoms with E-state index in [4.69, 9.17) is 0 Å². The van der Waals surface area contributed by atoms with Gasteiger partial charge in [-0.2, -0.15) is 0 Å². The highest BCUT2D eigenvalue weighted by Crippen LogP contribution is 2.26. The normalized spacial score (nSPS) is 10.8. The molecule has 0 aliphatic carbocycles. The minimum Gasteiger partial charge on any atom is -0.289 e. The highest BCUT2D eigenvalue weighted by molar-refractivity contribution is 6.10. The molecule has 0 atom stereocenters. The lowest BCUT2D eigenvalue weighted by molar-refractivity contribution is 0.103. The van der Waals surface area contributed by atoms with Gasteiger partial charge in [0, 0.05) is 11.1 Å². The Kier molecular flexibility index (Phi) is 4.73. The van der Waals surface area contributed by atoms with Crippen LogP contribution in [0.25, 0.3) is 0 Å². The summed E-state index contributed by atoms with van der Waals surface area (Å²) in [7, 11) is 0. The fraction of sp³-hybridized carbons (Fsp3) is 0.316. The van der Waals surface area contributed by atoms with Crippen LogP contribution in [0.4, 0.5) is 0 Å². The van der Waals surface area contributed by atoms with Gasteiger partial charge in [0.2, 0.25) is 0 Å². The largest absolute Gasteiger partial charge is 0.289 e. The summed E-state index contributed by atoms with van der Waals surface area (Å²) < 4.78 is 0.